The third-order valence-electron chi connectivity index (χ3n) is 2.78. The molecule has 0 aliphatic heterocycles. The zero-order valence-electron chi connectivity index (χ0n) is 9.67. The Bertz CT molecular complexity index is 817. The van der Waals surface area contributed by atoms with Crippen LogP contribution in [-0.4, -0.2) is 10.5 Å². The fourth-order valence-electron chi connectivity index (χ4n) is 1.88. The lowest BCUT2D eigenvalue weighted by molar-refractivity contribution is 0.0959. The van der Waals surface area contributed by atoms with Gasteiger partial charge in [-0.25, -0.2) is 4.57 Å². The van der Waals surface area contributed by atoms with Crippen molar-refractivity contribution in [1.82, 2.24) is 4.57 Å². The molecule has 3 rings (SSSR count). The Kier molecular flexibility index (Phi) is 2.97. The summed E-state index contributed by atoms with van der Waals surface area (Å²) in [5, 5.41) is 0.581. The first kappa shape index (κ1) is 12.1. The molecule has 0 unspecified atom stereocenters. The number of halogens is 1. The molecule has 0 fully saturated rings. The van der Waals surface area contributed by atoms with E-state index in [0.717, 1.165) is 0 Å². The summed E-state index contributed by atoms with van der Waals surface area (Å²) in [4.78, 5) is 12.6. The molecule has 94 valence electrons. The number of nitrogens with zero attached hydrogens (tertiary/aromatic N) is 1. The van der Waals surface area contributed by atoms with Gasteiger partial charge < -0.3 is 4.42 Å². The maximum absolute atomic E-state index is 12.4. The highest BCUT2D eigenvalue weighted by atomic mass is 35.5. The lowest BCUT2D eigenvalue weighted by Crippen LogP contribution is -2.11. The smallest absolute Gasteiger partial charge is 0.276 e. The standard InChI is InChI=1S/C14H8ClNO2S/c15-10-7-5-9(6-8-10)13(17)16-11-3-1-2-4-12(11)18-14(16)19/h1-8H. The summed E-state index contributed by atoms with van der Waals surface area (Å²) in [6.07, 6.45) is 0. The number of aromatic nitrogens is 1. The molecule has 1 aromatic heterocycles. The van der Waals surface area contributed by atoms with Crippen molar-refractivity contribution in [3.05, 3.63) is 64.0 Å². The van der Waals surface area contributed by atoms with E-state index in [2.05, 4.69) is 0 Å². The molecule has 0 amide bonds. The van der Waals surface area contributed by atoms with Gasteiger partial charge in [0, 0.05) is 10.6 Å². The van der Waals surface area contributed by atoms with Gasteiger partial charge in [0.2, 0.25) is 0 Å². The fourth-order valence-corrected chi connectivity index (χ4v) is 2.28. The first-order chi connectivity index (χ1) is 9.16. The zero-order valence-corrected chi connectivity index (χ0v) is 11.2. The summed E-state index contributed by atoms with van der Waals surface area (Å²) in [5.74, 6) is -0.230. The van der Waals surface area contributed by atoms with Crippen LogP contribution in [0.5, 0.6) is 0 Å². The number of oxazole rings is 1. The van der Waals surface area contributed by atoms with E-state index in [1.165, 1.54) is 4.57 Å². The third-order valence-corrected chi connectivity index (χ3v) is 3.30. The van der Waals surface area contributed by atoms with E-state index in [1.807, 2.05) is 12.1 Å². The van der Waals surface area contributed by atoms with Crippen LogP contribution < -0.4 is 0 Å². The second kappa shape index (κ2) is 4.64. The topological polar surface area (TPSA) is 35.1 Å². The zero-order chi connectivity index (χ0) is 13.4. The Hall–Kier alpha value is -1.91. The Labute approximate surface area is 119 Å². The quantitative estimate of drug-likeness (QED) is 0.626. The van der Waals surface area contributed by atoms with E-state index in [9.17, 15) is 4.79 Å². The SMILES string of the molecule is O=C(c1ccc(Cl)cc1)n1c(=S)oc2ccccc21. The monoisotopic (exact) mass is 289 g/mol. The molecule has 0 N–H and O–H groups in total. The predicted octanol–water partition coefficient (Wildman–Crippen LogP) is 4.31. The van der Waals surface area contributed by atoms with Crippen LogP contribution in [0.1, 0.15) is 10.4 Å². The van der Waals surface area contributed by atoms with Gasteiger partial charge >= 0.3 is 0 Å². The number of rotatable bonds is 1. The number of hydrogen-bond acceptors (Lipinski definition) is 3. The minimum Gasteiger partial charge on any atom is -0.429 e. The number of carbonyl (C=O) groups is 1. The van der Waals surface area contributed by atoms with Crippen LogP contribution in [-0.2, 0) is 0 Å². The van der Waals surface area contributed by atoms with Gasteiger partial charge in [0.25, 0.3) is 10.7 Å². The molecule has 19 heavy (non-hydrogen) atoms. The summed E-state index contributed by atoms with van der Waals surface area (Å²) in [7, 11) is 0. The minimum absolute atomic E-state index is 0.140. The molecule has 0 saturated heterocycles. The number of benzene rings is 2. The molecule has 0 aliphatic rings. The molecule has 0 spiro atoms. The lowest BCUT2D eigenvalue weighted by atomic mass is 10.2. The normalized spacial score (nSPS) is 10.8. The Morgan fingerprint density at radius 3 is 2.53 bits per heavy atom. The first-order valence-electron chi connectivity index (χ1n) is 5.58. The van der Waals surface area contributed by atoms with Crippen LogP contribution in [0.15, 0.2) is 52.9 Å². The Morgan fingerprint density at radius 2 is 1.79 bits per heavy atom. The molecule has 3 nitrogen and oxygen atoms in total. The van der Waals surface area contributed by atoms with Crippen molar-refractivity contribution in [1.29, 1.82) is 0 Å². The molecule has 0 atom stereocenters. The third kappa shape index (κ3) is 2.09. The molecule has 3 aromatic rings. The van der Waals surface area contributed by atoms with Crippen molar-refractivity contribution in [3.8, 4) is 0 Å². The van der Waals surface area contributed by atoms with Gasteiger partial charge in [0.05, 0.1) is 5.52 Å². The largest absolute Gasteiger partial charge is 0.429 e. The molecule has 0 bridgehead atoms. The number of para-hydroxylation sites is 2. The van der Waals surface area contributed by atoms with E-state index in [1.54, 1.807) is 36.4 Å². The van der Waals surface area contributed by atoms with Gasteiger partial charge in [-0.2, -0.15) is 0 Å². The second-order valence-corrected chi connectivity index (χ2v) is 4.77. The van der Waals surface area contributed by atoms with E-state index < -0.39 is 0 Å². The summed E-state index contributed by atoms with van der Waals surface area (Å²) >= 11 is 10.9. The van der Waals surface area contributed by atoms with Crippen LogP contribution in [0.25, 0.3) is 11.1 Å². The van der Waals surface area contributed by atoms with Gasteiger partial charge in [-0.1, -0.05) is 23.7 Å². The van der Waals surface area contributed by atoms with Gasteiger partial charge in [0.1, 0.15) is 0 Å². The summed E-state index contributed by atoms with van der Waals surface area (Å²) in [6, 6.07) is 13.9. The fraction of sp³-hybridized carbons (Fsp3) is 0. The van der Waals surface area contributed by atoms with Crippen molar-refractivity contribution in [2.75, 3.05) is 0 Å². The molecule has 0 saturated carbocycles. The molecule has 0 aliphatic carbocycles. The molecular formula is C14H8ClNO2S. The van der Waals surface area contributed by atoms with Crippen LogP contribution >= 0.6 is 23.8 Å². The van der Waals surface area contributed by atoms with Gasteiger partial charge in [0.15, 0.2) is 5.58 Å². The number of hydrogen-bond donors (Lipinski definition) is 0. The van der Waals surface area contributed by atoms with Crippen LogP contribution in [0.3, 0.4) is 0 Å². The van der Waals surface area contributed by atoms with E-state index >= 15 is 0 Å². The van der Waals surface area contributed by atoms with Crippen molar-refractivity contribution >= 4 is 40.8 Å². The summed E-state index contributed by atoms with van der Waals surface area (Å²) in [5.41, 5.74) is 1.76. The molecule has 0 radical (unpaired) electrons. The number of carbonyl (C=O) groups excluding carboxylic acids is 1. The number of fused-ring (bicyclic) bond motifs is 1. The van der Waals surface area contributed by atoms with Gasteiger partial charge in [-0.3, -0.25) is 4.79 Å². The molecular weight excluding hydrogens is 282 g/mol. The average Bonchev–Trinajstić information content (AvgIpc) is 2.74. The molecule has 1 heterocycles. The average molecular weight is 290 g/mol. The molecule has 2 aromatic carbocycles. The molecule has 5 heteroatoms. The van der Waals surface area contributed by atoms with E-state index in [0.29, 0.717) is 21.7 Å². The Balaban J connectivity index is 2.19. The van der Waals surface area contributed by atoms with Crippen LogP contribution in [0.4, 0.5) is 0 Å². The van der Waals surface area contributed by atoms with Crippen molar-refractivity contribution in [2.24, 2.45) is 0 Å². The van der Waals surface area contributed by atoms with E-state index in [-0.39, 0.29) is 10.7 Å². The lowest BCUT2D eigenvalue weighted by Gasteiger charge is -2.02. The van der Waals surface area contributed by atoms with Crippen LogP contribution in [0.2, 0.25) is 5.02 Å². The first-order valence-corrected chi connectivity index (χ1v) is 6.36. The van der Waals surface area contributed by atoms with Gasteiger partial charge in [-0.15, -0.1) is 0 Å². The minimum atomic E-state index is -0.230. The second-order valence-electron chi connectivity index (χ2n) is 3.98. The maximum atomic E-state index is 12.4. The summed E-state index contributed by atoms with van der Waals surface area (Å²) < 4.78 is 6.78. The summed E-state index contributed by atoms with van der Waals surface area (Å²) in [6.45, 7) is 0. The Morgan fingerprint density at radius 1 is 1.11 bits per heavy atom. The highest BCUT2D eigenvalue weighted by molar-refractivity contribution is 7.71. The van der Waals surface area contributed by atoms with Crippen molar-refractivity contribution in [3.63, 3.8) is 0 Å². The van der Waals surface area contributed by atoms with Crippen LogP contribution in [0, 0.1) is 4.84 Å². The highest BCUT2D eigenvalue weighted by Gasteiger charge is 2.15. The predicted molar refractivity (Wildman–Crippen MR) is 76.2 cm³/mol. The maximum Gasteiger partial charge on any atom is 0.276 e. The highest BCUT2D eigenvalue weighted by Crippen LogP contribution is 2.19. The van der Waals surface area contributed by atoms with Crippen molar-refractivity contribution in [2.45, 2.75) is 0 Å². The van der Waals surface area contributed by atoms with Gasteiger partial charge in [-0.05, 0) is 48.6 Å². The van der Waals surface area contributed by atoms with E-state index in [4.69, 9.17) is 28.2 Å². The van der Waals surface area contributed by atoms with Crippen molar-refractivity contribution < 1.29 is 9.21 Å².